The van der Waals surface area contributed by atoms with Gasteiger partial charge in [-0.3, -0.25) is 4.79 Å². The zero-order valence-electron chi connectivity index (χ0n) is 19.3. The summed E-state index contributed by atoms with van der Waals surface area (Å²) in [4.78, 5) is 21.5. The molecule has 2 heterocycles. The van der Waals surface area contributed by atoms with Crippen molar-refractivity contribution in [3.8, 4) is 5.75 Å². The molecule has 3 aromatic rings. The first-order valence-corrected chi connectivity index (χ1v) is 13.0. The van der Waals surface area contributed by atoms with Crippen LogP contribution in [-0.4, -0.2) is 40.7 Å². The van der Waals surface area contributed by atoms with Crippen LogP contribution in [0.25, 0.3) is 11.2 Å². The lowest BCUT2D eigenvalue weighted by Gasteiger charge is -2.13. The van der Waals surface area contributed by atoms with E-state index in [-0.39, 0.29) is 17.6 Å². The Balaban J connectivity index is 1.85. The highest BCUT2D eigenvalue weighted by atomic mass is 35.5. The molecule has 0 unspecified atom stereocenters. The predicted octanol–water partition coefficient (Wildman–Crippen LogP) is 4.48. The Hall–Kier alpha value is -2.65. The number of carbonyl (C=O) groups excluding carboxylic acids is 1. The van der Waals surface area contributed by atoms with Gasteiger partial charge < -0.3 is 9.30 Å². The molecule has 0 fully saturated rings. The lowest BCUT2D eigenvalue weighted by molar-refractivity contribution is 0.0977. The van der Waals surface area contributed by atoms with Crippen molar-refractivity contribution in [3.63, 3.8) is 0 Å². The molecule has 2 aromatic heterocycles. The Morgan fingerprint density at radius 2 is 1.94 bits per heavy atom. The molecule has 1 N–H and O–H groups in total. The molecule has 10 heteroatoms. The van der Waals surface area contributed by atoms with E-state index in [1.165, 1.54) is 6.07 Å². The van der Waals surface area contributed by atoms with Crippen molar-refractivity contribution in [2.24, 2.45) is 0 Å². The van der Waals surface area contributed by atoms with Crippen LogP contribution in [0.3, 0.4) is 0 Å². The summed E-state index contributed by atoms with van der Waals surface area (Å²) >= 11 is 6.47. The molecule has 0 aliphatic carbocycles. The van der Waals surface area contributed by atoms with Crippen LogP contribution in [0, 0.1) is 6.92 Å². The number of aryl methyl sites for hydroxylation is 1. The number of fused-ring (bicyclic) bond motifs is 1. The van der Waals surface area contributed by atoms with Gasteiger partial charge in [0.25, 0.3) is 5.91 Å². The van der Waals surface area contributed by atoms with Crippen LogP contribution >= 0.6 is 11.6 Å². The largest absolute Gasteiger partial charge is 0.491 e. The third kappa shape index (κ3) is 6.45. The molecule has 0 saturated heterocycles. The number of carbonyl (C=O) groups is 1. The number of imidazole rings is 1. The molecule has 0 aliphatic rings. The second kappa shape index (κ2) is 10.5. The van der Waals surface area contributed by atoms with Crippen LogP contribution in [0.4, 0.5) is 0 Å². The number of ether oxygens (including phenoxy) is 1. The Bertz CT molecular complexity index is 1250. The van der Waals surface area contributed by atoms with Crippen LogP contribution in [0.1, 0.15) is 61.9 Å². The summed E-state index contributed by atoms with van der Waals surface area (Å²) in [6.07, 6.45) is 2.21. The van der Waals surface area contributed by atoms with Crippen molar-refractivity contribution >= 4 is 38.7 Å². The lowest BCUT2D eigenvalue weighted by Crippen LogP contribution is -2.33. The van der Waals surface area contributed by atoms with E-state index in [0.717, 1.165) is 18.4 Å². The number of unbranched alkanes of at least 4 members (excludes halogenated alkanes) is 2. The molecule has 0 aliphatic heterocycles. The Morgan fingerprint density at radius 1 is 1.18 bits per heavy atom. The maximum absolute atomic E-state index is 12.6. The van der Waals surface area contributed by atoms with E-state index in [0.29, 0.717) is 40.7 Å². The van der Waals surface area contributed by atoms with Crippen LogP contribution < -0.4 is 9.46 Å². The number of hydrogen-bond donors (Lipinski definition) is 1. The van der Waals surface area contributed by atoms with Gasteiger partial charge in [0.1, 0.15) is 22.8 Å². The summed E-state index contributed by atoms with van der Waals surface area (Å²) in [6.45, 7) is 8.09. The standard InChI is InChI=1S/C23H29ClN4O4S/c1-5-6-7-12-33(30,31)27-23(29)21-11-10-20-22(26-21)28(16(4)25-20)14-17-8-9-18(13-19(17)24)32-15(2)3/h8-11,13,15H,5-7,12,14H2,1-4H3,(H,27,29). The van der Waals surface area contributed by atoms with Gasteiger partial charge in [-0.2, -0.15) is 0 Å². The summed E-state index contributed by atoms with van der Waals surface area (Å²) in [5.41, 5.74) is 1.92. The first kappa shape index (κ1) is 25.0. The summed E-state index contributed by atoms with van der Waals surface area (Å²) in [5, 5.41) is 0.543. The average Bonchev–Trinajstić information content (AvgIpc) is 3.03. The first-order valence-electron chi connectivity index (χ1n) is 10.9. The molecule has 3 rings (SSSR count). The van der Waals surface area contributed by atoms with E-state index in [1.54, 1.807) is 12.1 Å². The van der Waals surface area contributed by atoms with Crippen molar-refractivity contribution in [1.82, 2.24) is 19.3 Å². The fraction of sp³-hybridized carbons (Fsp3) is 0.435. The van der Waals surface area contributed by atoms with Crippen molar-refractivity contribution in [3.05, 3.63) is 52.4 Å². The van der Waals surface area contributed by atoms with Gasteiger partial charge in [0.2, 0.25) is 10.0 Å². The van der Waals surface area contributed by atoms with E-state index >= 15 is 0 Å². The zero-order chi connectivity index (χ0) is 24.2. The van der Waals surface area contributed by atoms with Gasteiger partial charge in [0.05, 0.1) is 18.4 Å². The second-order valence-electron chi connectivity index (χ2n) is 8.16. The van der Waals surface area contributed by atoms with Crippen molar-refractivity contribution in [2.45, 2.75) is 59.6 Å². The summed E-state index contributed by atoms with van der Waals surface area (Å²) in [6, 6.07) is 8.63. The fourth-order valence-electron chi connectivity index (χ4n) is 3.39. The first-order chi connectivity index (χ1) is 15.6. The molecule has 178 valence electrons. The number of amides is 1. The predicted molar refractivity (Wildman–Crippen MR) is 129 cm³/mol. The molecular weight excluding hydrogens is 464 g/mol. The third-order valence-electron chi connectivity index (χ3n) is 5.01. The number of benzene rings is 1. The van der Waals surface area contributed by atoms with E-state index < -0.39 is 15.9 Å². The number of pyridine rings is 1. The third-order valence-corrected chi connectivity index (χ3v) is 6.68. The van der Waals surface area contributed by atoms with Gasteiger partial charge in [-0.05, 0) is 57.0 Å². The van der Waals surface area contributed by atoms with Crippen molar-refractivity contribution < 1.29 is 17.9 Å². The second-order valence-corrected chi connectivity index (χ2v) is 10.4. The summed E-state index contributed by atoms with van der Waals surface area (Å²) in [7, 11) is -3.72. The lowest BCUT2D eigenvalue weighted by atomic mass is 10.2. The van der Waals surface area contributed by atoms with Crippen LogP contribution in [-0.2, 0) is 16.6 Å². The van der Waals surface area contributed by atoms with E-state index in [2.05, 4.69) is 14.7 Å². The van der Waals surface area contributed by atoms with E-state index in [4.69, 9.17) is 16.3 Å². The quantitative estimate of drug-likeness (QED) is 0.418. The van der Waals surface area contributed by atoms with Crippen LogP contribution in [0.5, 0.6) is 5.75 Å². The molecule has 33 heavy (non-hydrogen) atoms. The minimum absolute atomic E-state index is 0.00879. The number of aromatic nitrogens is 3. The molecular formula is C23H29ClN4O4S. The molecule has 1 aromatic carbocycles. The highest BCUT2D eigenvalue weighted by Crippen LogP contribution is 2.26. The summed E-state index contributed by atoms with van der Waals surface area (Å²) < 4.78 is 34.0. The minimum atomic E-state index is -3.72. The van der Waals surface area contributed by atoms with Gasteiger partial charge in [-0.15, -0.1) is 0 Å². The van der Waals surface area contributed by atoms with Gasteiger partial charge in [-0.1, -0.05) is 37.4 Å². The molecule has 0 spiro atoms. The number of nitrogens with one attached hydrogen (secondary N) is 1. The smallest absolute Gasteiger partial charge is 0.283 e. The van der Waals surface area contributed by atoms with Crippen molar-refractivity contribution in [1.29, 1.82) is 0 Å². The van der Waals surface area contributed by atoms with Gasteiger partial charge >= 0.3 is 0 Å². The highest BCUT2D eigenvalue weighted by molar-refractivity contribution is 7.90. The molecule has 8 nitrogen and oxygen atoms in total. The monoisotopic (exact) mass is 492 g/mol. The average molecular weight is 493 g/mol. The Kier molecular flexibility index (Phi) is 7.97. The summed E-state index contributed by atoms with van der Waals surface area (Å²) in [5.74, 6) is 0.525. The van der Waals surface area contributed by atoms with Gasteiger partial charge in [0.15, 0.2) is 5.65 Å². The van der Waals surface area contributed by atoms with E-state index in [9.17, 15) is 13.2 Å². The number of nitrogens with zero attached hydrogens (tertiary/aromatic N) is 3. The number of sulfonamides is 1. The maximum Gasteiger partial charge on any atom is 0.283 e. The Labute approximate surface area is 199 Å². The molecule has 1 amide bonds. The number of rotatable bonds is 10. The topological polar surface area (TPSA) is 103 Å². The highest BCUT2D eigenvalue weighted by Gasteiger charge is 2.19. The SMILES string of the molecule is CCCCCS(=O)(=O)NC(=O)c1ccc2nc(C)n(Cc3ccc(OC(C)C)cc3Cl)c2n1. The van der Waals surface area contributed by atoms with Gasteiger partial charge in [0, 0.05) is 5.02 Å². The van der Waals surface area contributed by atoms with Crippen LogP contribution in [0.15, 0.2) is 30.3 Å². The number of halogens is 1. The fourth-order valence-corrected chi connectivity index (χ4v) is 4.69. The maximum atomic E-state index is 12.6. The molecule has 0 atom stereocenters. The molecule has 0 saturated carbocycles. The number of hydrogen-bond acceptors (Lipinski definition) is 6. The molecule has 0 bridgehead atoms. The minimum Gasteiger partial charge on any atom is -0.491 e. The zero-order valence-corrected chi connectivity index (χ0v) is 20.8. The Morgan fingerprint density at radius 3 is 2.61 bits per heavy atom. The van der Waals surface area contributed by atoms with E-state index in [1.807, 2.05) is 44.4 Å². The van der Waals surface area contributed by atoms with Gasteiger partial charge in [-0.25, -0.2) is 23.1 Å². The van der Waals surface area contributed by atoms with Crippen LogP contribution in [0.2, 0.25) is 5.02 Å². The van der Waals surface area contributed by atoms with Crippen molar-refractivity contribution in [2.75, 3.05) is 5.75 Å². The normalized spacial score (nSPS) is 11.8. The molecule has 0 radical (unpaired) electrons.